The van der Waals surface area contributed by atoms with Crippen molar-refractivity contribution in [2.75, 3.05) is 7.11 Å². The third-order valence-corrected chi connectivity index (χ3v) is 5.05. The molecule has 1 aliphatic carbocycles. The zero-order valence-electron chi connectivity index (χ0n) is 14.5. The molecule has 0 unspecified atom stereocenters. The molecule has 4 rings (SSSR count). The van der Waals surface area contributed by atoms with Gasteiger partial charge in [-0.25, -0.2) is 0 Å². The normalized spacial score (nSPS) is 20.4. The van der Waals surface area contributed by atoms with E-state index < -0.39 is 0 Å². The Labute approximate surface area is 151 Å². The lowest BCUT2D eigenvalue weighted by Gasteiger charge is -2.38. The maximum Gasteiger partial charge on any atom is 0.251 e. The minimum Gasteiger partial charge on any atom is -0.495 e. The first kappa shape index (κ1) is 16.6. The van der Waals surface area contributed by atoms with Gasteiger partial charge in [-0.15, -0.1) is 0 Å². The van der Waals surface area contributed by atoms with Crippen LogP contribution in [0.5, 0.6) is 5.75 Å². The molecule has 0 spiro atoms. The van der Waals surface area contributed by atoms with Crippen LogP contribution in [0.25, 0.3) is 10.9 Å². The monoisotopic (exact) mass is 351 g/mol. The number of hydrogen-bond donors (Lipinski definition) is 3. The fourth-order valence-electron chi connectivity index (χ4n) is 3.51. The second kappa shape index (κ2) is 6.80. The number of ether oxygens (including phenoxy) is 1. The number of carbonyl (C=O) groups excluding carboxylic acids is 1. The minimum absolute atomic E-state index is 0.137. The van der Waals surface area contributed by atoms with Gasteiger partial charge in [0.25, 0.3) is 5.91 Å². The number of H-pyrrole nitrogens is 1. The quantitative estimate of drug-likeness (QED) is 0.660. The number of nitrogens with one attached hydrogen (secondary N) is 2. The molecule has 0 saturated heterocycles. The number of aromatic amines is 1. The van der Waals surface area contributed by atoms with Crippen molar-refractivity contribution in [1.29, 1.82) is 0 Å². The van der Waals surface area contributed by atoms with Gasteiger partial charge in [0.15, 0.2) is 0 Å². The van der Waals surface area contributed by atoms with Crippen LogP contribution in [0.2, 0.25) is 0 Å². The summed E-state index contributed by atoms with van der Waals surface area (Å²) in [4.78, 5) is 20.2. The Bertz CT molecular complexity index is 931. The summed E-state index contributed by atoms with van der Waals surface area (Å²) in [6.07, 6.45) is 6.27. The predicted molar refractivity (Wildman–Crippen MR) is 98.0 cm³/mol. The molecule has 0 aliphatic heterocycles. The van der Waals surface area contributed by atoms with Gasteiger partial charge < -0.3 is 20.1 Å². The molecule has 2 aromatic heterocycles. The van der Waals surface area contributed by atoms with E-state index in [1.54, 1.807) is 19.5 Å². The Morgan fingerprint density at radius 3 is 2.92 bits per heavy atom. The van der Waals surface area contributed by atoms with Gasteiger partial charge in [-0.1, -0.05) is 0 Å². The molecule has 0 radical (unpaired) electrons. The van der Waals surface area contributed by atoms with E-state index in [2.05, 4.69) is 15.3 Å². The number of aliphatic hydroxyl groups is 1. The SMILES string of the molecule is COc1cncc([C@@H](NC(=O)c2ccc3[nH]ccc3c2)C2CC(O)C2)c1. The standard InChI is InChI=1S/C20H21N3O3/c1-26-17-9-15(10-21-11-17)19(14-7-16(24)8-14)23-20(25)13-2-3-18-12(6-13)4-5-22-18/h2-6,9-11,14,16,19,22,24H,7-8H2,1H3,(H,23,25)/t14?,16?,19-/m0/s1. The number of aromatic nitrogens is 2. The molecule has 0 bridgehead atoms. The van der Waals surface area contributed by atoms with Gasteiger partial charge in [-0.2, -0.15) is 0 Å². The summed E-state index contributed by atoms with van der Waals surface area (Å²) in [6, 6.07) is 9.20. The molecule has 3 N–H and O–H groups in total. The summed E-state index contributed by atoms with van der Waals surface area (Å²) in [5.41, 5.74) is 2.49. The third-order valence-electron chi connectivity index (χ3n) is 5.05. The zero-order valence-corrected chi connectivity index (χ0v) is 14.5. The van der Waals surface area contributed by atoms with E-state index in [9.17, 15) is 9.90 Å². The van der Waals surface area contributed by atoms with Crippen LogP contribution in [0, 0.1) is 5.92 Å². The van der Waals surface area contributed by atoms with E-state index in [0.29, 0.717) is 24.2 Å². The first-order chi connectivity index (χ1) is 12.6. The second-order valence-corrected chi connectivity index (χ2v) is 6.77. The van der Waals surface area contributed by atoms with Crippen LogP contribution >= 0.6 is 0 Å². The molecule has 1 aliphatic rings. The number of pyridine rings is 1. The summed E-state index contributed by atoms with van der Waals surface area (Å²) in [7, 11) is 1.59. The van der Waals surface area contributed by atoms with Gasteiger partial charge >= 0.3 is 0 Å². The van der Waals surface area contributed by atoms with Gasteiger partial charge in [0.1, 0.15) is 5.75 Å². The predicted octanol–water partition coefficient (Wildman–Crippen LogP) is 2.81. The van der Waals surface area contributed by atoms with Crippen molar-refractivity contribution in [1.82, 2.24) is 15.3 Å². The van der Waals surface area contributed by atoms with E-state index in [-0.39, 0.29) is 24.0 Å². The molecular weight excluding hydrogens is 330 g/mol. The highest BCUT2D eigenvalue weighted by molar-refractivity contribution is 5.98. The fraction of sp³-hybridized carbons (Fsp3) is 0.300. The Morgan fingerprint density at radius 2 is 2.15 bits per heavy atom. The summed E-state index contributed by atoms with van der Waals surface area (Å²) < 4.78 is 5.26. The minimum atomic E-state index is -0.297. The van der Waals surface area contributed by atoms with Gasteiger partial charge in [0.05, 0.1) is 25.5 Å². The molecule has 1 saturated carbocycles. The molecular formula is C20H21N3O3. The highest BCUT2D eigenvalue weighted by Gasteiger charge is 2.36. The van der Waals surface area contributed by atoms with Crippen LogP contribution in [-0.2, 0) is 0 Å². The van der Waals surface area contributed by atoms with Crippen molar-refractivity contribution in [3.63, 3.8) is 0 Å². The highest BCUT2D eigenvalue weighted by atomic mass is 16.5. The van der Waals surface area contributed by atoms with Crippen LogP contribution < -0.4 is 10.1 Å². The summed E-state index contributed by atoms with van der Waals surface area (Å²) in [5.74, 6) is 0.691. The fourth-order valence-corrected chi connectivity index (χ4v) is 3.51. The van der Waals surface area contributed by atoms with E-state index in [0.717, 1.165) is 16.5 Å². The topological polar surface area (TPSA) is 87.2 Å². The van der Waals surface area contributed by atoms with Gasteiger partial charge in [0.2, 0.25) is 0 Å². The molecule has 26 heavy (non-hydrogen) atoms. The molecule has 3 aromatic rings. The van der Waals surface area contributed by atoms with Crippen LogP contribution in [0.4, 0.5) is 0 Å². The van der Waals surface area contributed by atoms with Gasteiger partial charge in [-0.05, 0) is 54.7 Å². The molecule has 6 heteroatoms. The lowest BCUT2D eigenvalue weighted by atomic mass is 9.75. The largest absolute Gasteiger partial charge is 0.495 e. The molecule has 2 heterocycles. The number of rotatable bonds is 5. The van der Waals surface area contributed by atoms with Crippen molar-refractivity contribution >= 4 is 16.8 Å². The first-order valence-electron chi connectivity index (χ1n) is 8.69. The average Bonchev–Trinajstić information content (AvgIpc) is 3.11. The number of hydrogen-bond acceptors (Lipinski definition) is 4. The highest BCUT2D eigenvalue weighted by Crippen LogP contribution is 2.38. The van der Waals surface area contributed by atoms with Crippen LogP contribution in [-0.4, -0.2) is 34.2 Å². The van der Waals surface area contributed by atoms with E-state index in [4.69, 9.17) is 4.74 Å². The average molecular weight is 351 g/mol. The number of benzene rings is 1. The van der Waals surface area contributed by atoms with E-state index in [1.165, 1.54) is 0 Å². The Morgan fingerprint density at radius 1 is 1.31 bits per heavy atom. The summed E-state index contributed by atoms with van der Waals surface area (Å²) >= 11 is 0. The number of methoxy groups -OCH3 is 1. The summed E-state index contributed by atoms with van der Waals surface area (Å²) in [6.45, 7) is 0. The molecule has 1 aromatic carbocycles. The molecule has 134 valence electrons. The molecule has 6 nitrogen and oxygen atoms in total. The zero-order chi connectivity index (χ0) is 18.1. The van der Waals surface area contributed by atoms with Crippen LogP contribution in [0.3, 0.4) is 0 Å². The molecule has 1 atom stereocenters. The lowest BCUT2D eigenvalue weighted by molar-refractivity contribution is 0.0234. The van der Waals surface area contributed by atoms with E-state index in [1.807, 2.05) is 36.5 Å². The number of amides is 1. The van der Waals surface area contributed by atoms with E-state index >= 15 is 0 Å². The number of nitrogens with zero attached hydrogens (tertiary/aromatic N) is 1. The van der Waals surface area contributed by atoms with Crippen LogP contribution in [0.15, 0.2) is 48.9 Å². The lowest BCUT2D eigenvalue weighted by Crippen LogP contribution is -2.41. The maximum atomic E-state index is 12.8. The van der Waals surface area contributed by atoms with Gasteiger partial charge in [0, 0.05) is 28.9 Å². The molecule has 1 amide bonds. The first-order valence-corrected chi connectivity index (χ1v) is 8.69. The number of aliphatic hydroxyl groups excluding tert-OH is 1. The smallest absolute Gasteiger partial charge is 0.251 e. The molecule has 1 fully saturated rings. The van der Waals surface area contributed by atoms with Crippen molar-refractivity contribution in [2.24, 2.45) is 5.92 Å². The Kier molecular flexibility index (Phi) is 4.34. The van der Waals surface area contributed by atoms with Crippen molar-refractivity contribution in [3.8, 4) is 5.75 Å². The maximum absolute atomic E-state index is 12.8. The Balaban J connectivity index is 1.60. The van der Waals surface area contributed by atoms with Crippen molar-refractivity contribution in [2.45, 2.75) is 25.0 Å². The van der Waals surface area contributed by atoms with Crippen molar-refractivity contribution in [3.05, 3.63) is 60.0 Å². The summed E-state index contributed by atoms with van der Waals surface area (Å²) in [5, 5.41) is 13.8. The van der Waals surface area contributed by atoms with Gasteiger partial charge in [-0.3, -0.25) is 9.78 Å². The third kappa shape index (κ3) is 3.15. The Hall–Kier alpha value is -2.86. The second-order valence-electron chi connectivity index (χ2n) is 6.77. The van der Waals surface area contributed by atoms with Crippen LogP contribution in [0.1, 0.15) is 34.8 Å². The van der Waals surface area contributed by atoms with Crippen molar-refractivity contribution < 1.29 is 14.6 Å². The number of fused-ring (bicyclic) bond motifs is 1. The number of carbonyl (C=O) groups is 1.